The molecule has 1 amide bonds. The number of furan rings is 1. The molecule has 0 unspecified atom stereocenters. The zero-order chi connectivity index (χ0) is 25.8. The Morgan fingerprint density at radius 1 is 1.06 bits per heavy atom. The molecule has 186 valence electrons. The van der Waals surface area contributed by atoms with E-state index in [2.05, 4.69) is 5.32 Å². The molecule has 3 aromatic rings. The summed E-state index contributed by atoms with van der Waals surface area (Å²) in [6.07, 6.45) is 2.87. The normalized spacial score (nSPS) is 13.8. The average molecular weight is 566 g/mol. The molecule has 12 heteroatoms. The average Bonchev–Trinajstić information content (AvgIpc) is 3.33. The maximum absolute atomic E-state index is 12.4. The predicted octanol–water partition coefficient (Wildman–Crippen LogP) is 6.05. The molecule has 1 N–H and O–H groups in total. The molecule has 1 aromatic heterocycles. The van der Waals surface area contributed by atoms with E-state index in [0.717, 1.165) is 5.69 Å². The minimum atomic E-state index is -0.483. The number of carbonyl (C=O) groups excluding carboxylic acids is 1. The van der Waals surface area contributed by atoms with E-state index >= 15 is 0 Å². The van der Waals surface area contributed by atoms with Gasteiger partial charge in [-0.2, -0.15) is 0 Å². The summed E-state index contributed by atoms with van der Waals surface area (Å²) in [6.45, 7) is 2.28. The summed E-state index contributed by atoms with van der Waals surface area (Å²) in [4.78, 5) is 26.7. The number of nitrogens with one attached hydrogen (secondary N) is 1. The van der Waals surface area contributed by atoms with E-state index in [9.17, 15) is 14.9 Å². The van der Waals surface area contributed by atoms with Gasteiger partial charge in [0.15, 0.2) is 5.11 Å². The van der Waals surface area contributed by atoms with Crippen molar-refractivity contribution >= 4 is 75.5 Å². The minimum absolute atomic E-state index is 0.0571. The van der Waals surface area contributed by atoms with Gasteiger partial charge in [0.05, 0.1) is 25.7 Å². The Morgan fingerprint density at radius 3 is 2.50 bits per heavy atom. The van der Waals surface area contributed by atoms with Gasteiger partial charge < -0.3 is 14.2 Å². The van der Waals surface area contributed by atoms with Gasteiger partial charge in [-0.15, -0.1) is 0 Å². The van der Waals surface area contributed by atoms with Gasteiger partial charge in [0.2, 0.25) is 5.91 Å². The molecule has 0 aliphatic carbocycles. The van der Waals surface area contributed by atoms with Gasteiger partial charge in [-0.05, 0) is 48.6 Å². The summed E-state index contributed by atoms with van der Waals surface area (Å²) in [5.41, 5.74) is 1.32. The number of hydrogen-bond acceptors (Lipinski definition) is 6. The van der Waals surface area contributed by atoms with Crippen LogP contribution < -0.4 is 10.2 Å². The van der Waals surface area contributed by atoms with Crippen molar-refractivity contribution in [2.24, 2.45) is 0 Å². The number of nitro groups is 1. The lowest BCUT2D eigenvalue weighted by molar-refractivity contribution is -0.384. The number of hydrogen-bond donors (Lipinski definition) is 1. The van der Waals surface area contributed by atoms with E-state index in [1.165, 1.54) is 24.3 Å². The SMILES string of the molecule is O=C(C=Cc1ccc(-c2cccc(Cl)c2Cl)o1)NC(=S)N1CCN(c2ccc([N+](=O)[O-])cc2Cl)CC1. The Kier molecular flexibility index (Phi) is 8.15. The molecule has 0 spiro atoms. The van der Waals surface area contributed by atoms with Gasteiger partial charge in [0.1, 0.15) is 11.5 Å². The largest absolute Gasteiger partial charge is 0.457 e. The van der Waals surface area contributed by atoms with Crippen molar-refractivity contribution in [2.75, 3.05) is 31.1 Å². The van der Waals surface area contributed by atoms with Crippen molar-refractivity contribution in [1.82, 2.24) is 10.2 Å². The molecule has 8 nitrogen and oxygen atoms in total. The maximum Gasteiger partial charge on any atom is 0.271 e. The molecule has 1 saturated heterocycles. The number of anilines is 1. The molecule has 0 saturated carbocycles. The Balaban J connectivity index is 1.30. The van der Waals surface area contributed by atoms with Gasteiger partial charge in [-0.25, -0.2) is 0 Å². The van der Waals surface area contributed by atoms with Gasteiger partial charge in [0, 0.05) is 50.0 Å². The van der Waals surface area contributed by atoms with E-state index in [1.807, 2.05) is 9.80 Å². The van der Waals surface area contributed by atoms with Crippen molar-refractivity contribution in [1.29, 1.82) is 0 Å². The lowest BCUT2D eigenvalue weighted by Gasteiger charge is -2.37. The molecule has 36 heavy (non-hydrogen) atoms. The summed E-state index contributed by atoms with van der Waals surface area (Å²) >= 11 is 23.9. The number of carbonyl (C=O) groups is 1. The first-order valence-electron chi connectivity index (χ1n) is 10.7. The topological polar surface area (TPSA) is 91.9 Å². The summed E-state index contributed by atoms with van der Waals surface area (Å²) in [5, 5.41) is 15.1. The summed E-state index contributed by atoms with van der Waals surface area (Å²) < 4.78 is 5.75. The summed E-state index contributed by atoms with van der Waals surface area (Å²) in [7, 11) is 0. The lowest BCUT2D eigenvalue weighted by atomic mass is 10.2. The second-order valence-corrected chi connectivity index (χ2v) is 9.38. The fourth-order valence-corrected chi connectivity index (χ4v) is 4.65. The highest BCUT2D eigenvalue weighted by Crippen LogP contribution is 2.34. The highest BCUT2D eigenvalue weighted by molar-refractivity contribution is 7.80. The van der Waals surface area contributed by atoms with Gasteiger partial charge in [-0.1, -0.05) is 40.9 Å². The quantitative estimate of drug-likeness (QED) is 0.174. The van der Waals surface area contributed by atoms with Gasteiger partial charge >= 0.3 is 0 Å². The van der Waals surface area contributed by atoms with Crippen LogP contribution in [0.5, 0.6) is 0 Å². The van der Waals surface area contributed by atoms with Gasteiger partial charge in [0.25, 0.3) is 5.69 Å². The number of nitro benzene ring substituents is 1. The number of piperazine rings is 1. The molecule has 4 rings (SSSR count). The van der Waals surface area contributed by atoms with Crippen molar-refractivity contribution in [3.8, 4) is 11.3 Å². The van der Waals surface area contributed by atoms with E-state index in [-0.39, 0.29) is 11.6 Å². The number of amides is 1. The fourth-order valence-electron chi connectivity index (χ4n) is 3.68. The van der Waals surface area contributed by atoms with E-state index in [1.54, 1.807) is 36.4 Å². The first-order valence-corrected chi connectivity index (χ1v) is 12.3. The number of nitrogens with zero attached hydrogens (tertiary/aromatic N) is 3. The van der Waals surface area contributed by atoms with Crippen LogP contribution in [0.25, 0.3) is 17.4 Å². The van der Waals surface area contributed by atoms with Crippen LogP contribution in [0.15, 0.2) is 59.0 Å². The highest BCUT2D eigenvalue weighted by Gasteiger charge is 2.22. The number of benzene rings is 2. The van der Waals surface area contributed by atoms with Crippen LogP contribution >= 0.6 is 47.0 Å². The van der Waals surface area contributed by atoms with E-state index in [4.69, 9.17) is 51.4 Å². The number of non-ortho nitro benzene ring substituents is 1. The molecule has 2 aromatic carbocycles. The van der Waals surface area contributed by atoms with Gasteiger partial charge in [-0.3, -0.25) is 20.2 Å². The minimum Gasteiger partial charge on any atom is -0.457 e. The van der Waals surface area contributed by atoms with Crippen LogP contribution in [-0.4, -0.2) is 47.0 Å². The number of halogens is 3. The molecule has 1 aliphatic heterocycles. The third-order valence-electron chi connectivity index (χ3n) is 5.52. The first kappa shape index (κ1) is 26.0. The monoisotopic (exact) mass is 564 g/mol. The van der Waals surface area contributed by atoms with Crippen LogP contribution in [-0.2, 0) is 4.79 Å². The van der Waals surface area contributed by atoms with Crippen LogP contribution in [0.1, 0.15) is 5.76 Å². The second-order valence-electron chi connectivity index (χ2n) is 7.80. The highest BCUT2D eigenvalue weighted by atomic mass is 35.5. The second kappa shape index (κ2) is 11.3. The number of rotatable bonds is 5. The van der Waals surface area contributed by atoms with E-state index < -0.39 is 4.92 Å². The lowest BCUT2D eigenvalue weighted by Crippen LogP contribution is -2.52. The first-order chi connectivity index (χ1) is 17.2. The maximum atomic E-state index is 12.4. The molecular weight excluding hydrogens is 547 g/mol. The Hall–Kier alpha value is -3.11. The molecular formula is C24H19Cl3N4O4S. The molecule has 0 bridgehead atoms. The fraction of sp³-hybridized carbons (Fsp3) is 0.167. The molecule has 2 heterocycles. The third kappa shape index (κ3) is 5.99. The van der Waals surface area contributed by atoms with Crippen molar-refractivity contribution in [2.45, 2.75) is 0 Å². The summed E-state index contributed by atoms with van der Waals surface area (Å²) in [6, 6.07) is 13.1. The molecule has 1 aliphatic rings. The van der Waals surface area contributed by atoms with Crippen LogP contribution in [0.4, 0.5) is 11.4 Å². The van der Waals surface area contributed by atoms with Crippen molar-refractivity contribution in [3.05, 3.63) is 85.5 Å². The molecule has 0 radical (unpaired) electrons. The van der Waals surface area contributed by atoms with Crippen LogP contribution in [0.2, 0.25) is 15.1 Å². The zero-order valence-electron chi connectivity index (χ0n) is 18.6. The zero-order valence-corrected chi connectivity index (χ0v) is 21.7. The molecule has 0 atom stereocenters. The van der Waals surface area contributed by atoms with Crippen molar-refractivity contribution < 1.29 is 14.1 Å². The Morgan fingerprint density at radius 2 is 1.81 bits per heavy atom. The number of thiocarbonyl (C=S) groups is 1. The third-order valence-corrected chi connectivity index (χ3v) is 7.00. The Labute approximate surface area is 227 Å². The Bertz CT molecular complexity index is 1350. The standard InChI is InChI=1S/C24H19Cl3N4O4S/c25-18-3-1-2-17(23(18)27)21-8-5-16(35-21)6-9-22(32)28-24(36)30-12-10-29(11-13-30)20-7-4-15(31(33)34)14-19(20)26/h1-9,14H,10-13H2,(H,28,32,36). The summed E-state index contributed by atoms with van der Waals surface area (Å²) in [5.74, 6) is 0.611. The van der Waals surface area contributed by atoms with Crippen LogP contribution in [0, 0.1) is 10.1 Å². The molecule has 1 fully saturated rings. The van der Waals surface area contributed by atoms with E-state index in [0.29, 0.717) is 63.4 Å². The predicted molar refractivity (Wildman–Crippen MR) is 146 cm³/mol. The smallest absolute Gasteiger partial charge is 0.271 e. The van der Waals surface area contributed by atoms with Crippen molar-refractivity contribution in [3.63, 3.8) is 0 Å². The van der Waals surface area contributed by atoms with Crippen LogP contribution in [0.3, 0.4) is 0 Å².